The second-order valence-electron chi connectivity index (χ2n) is 7.17. The van der Waals surface area contributed by atoms with Gasteiger partial charge in [-0.25, -0.2) is 0 Å². The lowest BCUT2D eigenvalue weighted by atomic mass is 9.88. The number of H-pyrrole nitrogens is 1. The summed E-state index contributed by atoms with van der Waals surface area (Å²) >= 11 is 0. The molecule has 0 saturated carbocycles. The number of hydrogen-bond acceptors (Lipinski definition) is 0. The lowest BCUT2D eigenvalue weighted by molar-refractivity contribution is 0.792. The van der Waals surface area contributed by atoms with Crippen LogP contribution in [-0.4, -0.2) is 9.38 Å². The maximum atomic E-state index is 4.06. The number of aromatic nitrogens is 2. The van der Waals surface area contributed by atoms with E-state index < -0.39 is 0 Å². The minimum atomic E-state index is 0.216. The normalized spacial score (nSPS) is 12.4. The third-order valence-corrected chi connectivity index (χ3v) is 5.53. The van der Waals surface area contributed by atoms with Gasteiger partial charge in [-0.15, -0.1) is 6.58 Å². The van der Waals surface area contributed by atoms with Gasteiger partial charge in [-0.1, -0.05) is 60.7 Å². The molecule has 0 fully saturated rings. The zero-order valence-electron chi connectivity index (χ0n) is 15.7. The molecule has 136 valence electrons. The van der Waals surface area contributed by atoms with Crippen LogP contribution in [0.2, 0.25) is 0 Å². The number of benzene rings is 2. The van der Waals surface area contributed by atoms with Gasteiger partial charge in [0.2, 0.25) is 0 Å². The van der Waals surface area contributed by atoms with Gasteiger partial charge in [0.15, 0.2) is 0 Å². The average Bonchev–Trinajstić information content (AvgIpc) is 3.35. The Bertz CT molecular complexity index is 1260. The Morgan fingerprint density at radius 3 is 2.57 bits per heavy atom. The molecule has 0 aliphatic rings. The van der Waals surface area contributed by atoms with E-state index in [0.29, 0.717) is 0 Å². The lowest BCUT2D eigenvalue weighted by Crippen LogP contribution is -2.05. The van der Waals surface area contributed by atoms with Gasteiger partial charge in [-0.2, -0.15) is 0 Å². The van der Waals surface area contributed by atoms with Crippen molar-refractivity contribution in [1.29, 1.82) is 0 Å². The summed E-state index contributed by atoms with van der Waals surface area (Å²) in [5.74, 6) is 0.216. The highest BCUT2D eigenvalue weighted by Gasteiger charge is 2.24. The third kappa shape index (κ3) is 2.66. The van der Waals surface area contributed by atoms with Crippen molar-refractivity contribution in [2.45, 2.75) is 12.3 Å². The van der Waals surface area contributed by atoms with E-state index in [4.69, 9.17) is 0 Å². The Morgan fingerprint density at radius 1 is 0.929 bits per heavy atom. The molecule has 5 aromatic rings. The third-order valence-electron chi connectivity index (χ3n) is 5.53. The molecule has 1 atom stereocenters. The molecule has 5 rings (SSSR count). The molecule has 3 heterocycles. The van der Waals surface area contributed by atoms with Gasteiger partial charge in [0.25, 0.3) is 0 Å². The maximum absolute atomic E-state index is 4.06. The topological polar surface area (TPSA) is 20.2 Å². The second kappa shape index (κ2) is 6.90. The number of hydrogen-bond donors (Lipinski definition) is 1. The molecule has 2 aromatic carbocycles. The molecule has 0 aliphatic carbocycles. The molecular formula is C26H22N2. The maximum Gasteiger partial charge on any atom is 0.0459 e. The Labute approximate surface area is 164 Å². The van der Waals surface area contributed by atoms with Crippen LogP contribution in [0.1, 0.15) is 23.6 Å². The summed E-state index contributed by atoms with van der Waals surface area (Å²) in [5, 5.41) is 1.28. The van der Waals surface area contributed by atoms with Crippen LogP contribution < -0.4 is 0 Å². The minimum absolute atomic E-state index is 0.216. The highest BCUT2D eigenvalue weighted by Crippen LogP contribution is 2.40. The fourth-order valence-electron chi connectivity index (χ4n) is 4.28. The molecule has 3 aromatic heterocycles. The molecule has 28 heavy (non-hydrogen) atoms. The van der Waals surface area contributed by atoms with Crippen LogP contribution in [0, 0.1) is 0 Å². The molecule has 0 saturated heterocycles. The molecule has 0 aliphatic heterocycles. The fourth-order valence-corrected chi connectivity index (χ4v) is 4.28. The number of allylic oxidation sites excluding steroid dienone is 1. The zero-order chi connectivity index (χ0) is 18.9. The van der Waals surface area contributed by atoms with Gasteiger partial charge in [0.05, 0.1) is 0 Å². The first-order chi connectivity index (χ1) is 13.9. The predicted octanol–water partition coefficient (Wildman–Crippen LogP) is 6.80. The van der Waals surface area contributed by atoms with Gasteiger partial charge < -0.3 is 9.38 Å². The van der Waals surface area contributed by atoms with Crippen molar-refractivity contribution in [2.75, 3.05) is 0 Å². The van der Waals surface area contributed by atoms with Gasteiger partial charge in [0.1, 0.15) is 0 Å². The van der Waals surface area contributed by atoms with Crippen molar-refractivity contribution in [3.8, 4) is 11.1 Å². The monoisotopic (exact) mass is 362 g/mol. The van der Waals surface area contributed by atoms with Crippen molar-refractivity contribution >= 4 is 16.4 Å². The number of nitrogens with one attached hydrogen (secondary N) is 1. The summed E-state index contributed by atoms with van der Waals surface area (Å²) in [4.78, 5) is 3.45. The Hall–Kier alpha value is -3.52. The SMILES string of the molecule is C=CCC(c1c[nH]c2ccccc12)c1c(-c2ccccc2)cc2ccccn12. The number of nitrogens with zero attached hydrogens (tertiary/aromatic N) is 1. The van der Waals surface area contributed by atoms with Crippen molar-refractivity contribution in [1.82, 2.24) is 9.38 Å². The highest BCUT2D eigenvalue weighted by molar-refractivity contribution is 5.85. The van der Waals surface area contributed by atoms with Crippen molar-refractivity contribution < 1.29 is 0 Å². The smallest absolute Gasteiger partial charge is 0.0459 e. The van der Waals surface area contributed by atoms with Crippen LogP contribution in [0.15, 0.2) is 104 Å². The Balaban J connectivity index is 1.81. The van der Waals surface area contributed by atoms with Crippen LogP contribution in [0.5, 0.6) is 0 Å². The zero-order valence-corrected chi connectivity index (χ0v) is 15.7. The van der Waals surface area contributed by atoms with Crippen molar-refractivity contribution in [3.05, 3.63) is 115 Å². The van der Waals surface area contributed by atoms with E-state index in [1.54, 1.807) is 0 Å². The number of para-hydroxylation sites is 1. The summed E-state index contributed by atoms with van der Waals surface area (Å²) in [7, 11) is 0. The Kier molecular flexibility index (Phi) is 4.10. The van der Waals surface area contributed by atoms with Crippen LogP contribution in [0.3, 0.4) is 0 Å². The molecule has 0 bridgehead atoms. The molecule has 2 heteroatoms. The summed E-state index contributed by atoms with van der Waals surface area (Å²) in [6.07, 6.45) is 7.24. The van der Waals surface area contributed by atoms with E-state index in [9.17, 15) is 0 Å². The molecule has 1 unspecified atom stereocenters. The number of fused-ring (bicyclic) bond motifs is 2. The van der Waals surface area contributed by atoms with E-state index >= 15 is 0 Å². The molecular weight excluding hydrogens is 340 g/mol. The Morgan fingerprint density at radius 2 is 1.71 bits per heavy atom. The van der Waals surface area contributed by atoms with E-state index in [2.05, 4.69) is 107 Å². The summed E-state index contributed by atoms with van der Waals surface area (Å²) in [5.41, 5.74) is 7.54. The van der Waals surface area contributed by atoms with Crippen LogP contribution in [-0.2, 0) is 0 Å². The summed E-state index contributed by atoms with van der Waals surface area (Å²) < 4.78 is 2.33. The van der Waals surface area contributed by atoms with E-state index in [0.717, 1.165) is 6.42 Å². The predicted molar refractivity (Wildman–Crippen MR) is 118 cm³/mol. The van der Waals surface area contributed by atoms with Crippen molar-refractivity contribution in [3.63, 3.8) is 0 Å². The number of pyridine rings is 1. The lowest BCUT2D eigenvalue weighted by Gasteiger charge is -2.18. The van der Waals surface area contributed by atoms with E-state index in [1.807, 2.05) is 6.08 Å². The number of rotatable bonds is 5. The van der Waals surface area contributed by atoms with E-state index in [-0.39, 0.29) is 5.92 Å². The average molecular weight is 362 g/mol. The van der Waals surface area contributed by atoms with Gasteiger partial charge in [-0.05, 0) is 41.8 Å². The first-order valence-electron chi connectivity index (χ1n) is 9.69. The van der Waals surface area contributed by atoms with Crippen LogP contribution >= 0.6 is 0 Å². The van der Waals surface area contributed by atoms with Gasteiger partial charge >= 0.3 is 0 Å². The quantitative estimate of drug-likeness (QED) is 0.332. The van der Waals surface area contributed by atoms with Crippen LogP contribution in [0.4, 0.5) is 0 Å². The van der Waals surface area contributed by atoms with Gasteiger partial charge in [-0.3, -0.25) is 0 Å². The molecule has 0 amide bonds. The fraction of sp³-hybridized carbons (Fsp3) is 0.0769. The molecule has 1 N–H and O–H groups in total. The van der Waals surface area contributed by atoms with E-state index in [1.165, 1.54) is 38.8 Å². The first kappa shape index (κ1) is 16.6. The molecule has 0 radical (unpaired) electrons. The van der Waals surface area contributed by atoms with Gasteiger partial charge in [0, 0.05) is 46.0 Å². The largest absolute Gasteiger partial charge is 0.361 e. The van der Waals surface area contributed by atoms with Crippen molar-refractivity contribution in [2.24, 2.45) is 0 Å². The standard InChI is InChI=1S/C26H22N2/c1-2-10-22(24-18-27-25-15-7-6-14-21(24)25)26-23(19-11-4-3-5-12-19)17-20-13-8-9-16-28(20)26/h2-9,11-18,22,27H,1,10H2. The second-order valence-corrected chi connectivity index (χ2v) is 7.17. The highest BCUT2D eigenvalue weighted by atomic mass is 14.9. The molecule has 2 nitrogen and oxygen atoms in total. The summed E-state index contributed by atoms with van der Waals surface area (Å²) in [6.45, 7) is 4.06. The summed E-state index contributed by atoms with van der Waals surface area (Å²) in [6, 6.07) is 27.9. The first-order valence-corrected chi connectivity index (χ1v) is 9.69. The van der Waals surface area contributed by atoms with Crippen LogP contribution in [0.25, 0.3) is 27.5 Å². The number of aromatic amines is 1. The molecule has 0 spiro atoms. The minimum Gasteiger partial charge on any atom is -0.361 e.